The zero-order chi connectivity index (χ0) is 19.8. The fourth-order valence-electron chi connectivity index (χ4n) is 3.97. The highest BCUT2D eigenvalue weighted by atomic mass is 35.5. The van der Waals surface area contributed by atoms with Crippen LogP contribution in [0.2, 0.25) is 5.02 Å². The summed E-state index contributed by atoms with van der Waals surface area (Å²) in [6.45, 7) is 3.36. The van der Waals surface area contributed by atoms with E-state index in [0.29, 0.717) is 15.8 Å². The molecule has 0 bridgehead atoms. The van der Waals surface area contributed by atoms with Gasteiger partial charge in [0.25, 0.3) is 0 Å². The molecule has 0 saturated carbocycles. The Kier molecular flexibility index (Phi) is 5.27. The van der Waals surface area contributed by atoms with Gasteiger partial charge in [-0.1, -0.05) is 41.1 Å². The number of carbonyl (C=O) groups is 1. The Morgan fingerprint density at radius 1 is 1.39 bits per heavy atom. The SMILES string of the molecule is COC(=O)C1CC[NH+]([C@H](c2ccccc2Cl)c2sc3nc(C)nn3c2O)CC1. The number of ether oxygens (including phenoxy) is 1. The first-order valence-corrected chi connectivity index (χ1v) is 10.4. The number of methoxy groups -OCH3 is 1. The van der Waals surface area contributed by atoms with E-state index in [1.165, 1.54) is 27.9 Å². The van der Waals surface area contributed by atoms with Crippen molar-refractivity contribution < 1.29 is 19.5 Å². The van der Waals surface area contributed by atoms with Crippen LogP contribution in [-0.4, -0.2) is 45.9 Å². The van der Waals surface area contributed by atoms with Gasteiger partial charge in [0.05, 0.1) is 31.1 Å². The number of nitrogens with zero attached hydrogens (tertiary/aromatic N) is 3. The van der Waals surface area contributed by atoms with E-state index in [-0.39, 0.29) is 23.8 Å². The number of aromatic nitrogens is 3. The van der Waals surface area contributed by atoms with Crippen LogP contribution in [0.15, 0.2) is 24.3 Å². The van der Waals surface area contributed by atoms with E-state index in [4.69, 9.17) is 16.3 Å². The molecule has 3 heterocycles. The third-order valence-corrected chi connectivity index (χ3v) is 6.78. The van der Waals surface area contributed by atoms with Crippen LogP contribution in [0.5, 0.6) is 5.88 Å². The van der Waals surface area contributed by atoms with Gasteiger partial charge in [0.1, 0.15) is 10.7 Å². The summed E-state index contributed by atoms with van der Waals surface area (Å²) in [7, 11) is 1.43. The quantitative estimate of drug-likeness (QED) is 0.630. The molecule has 0 spiro atoms. The molecule has 1 atom stereocenters. The minimum absolute atomic E-state index is 0.0702. The Labute approximate surface area is 171 Å². The molecular weight excluding hydrogens is 400 g/mol. The van der Waals surface area contributed by atoms with Gasteiger partial charge in [-0.3, -0.25) is 4.79 Å². The van der Waals surface area contributed by atoms with Crippen LogP contribution in [0.25, 0.3) is 4.96 Å². The molecule has 2 aromatic heterocycles. The molecule has 4 rings (SSSR count). The largest absolute Gasteiger partial charge is 0.492 e. The highest BCUT2D eigenvalue weighted by molar-refractivity contribution is 7.17. The molecule has 1 aliphatic heterocycles. The van der Waals surface area contributed by atoms with Crippen LogP contribution in [0.4, 0.5) is 0 Å². The normalized spacial score (nSPS) is 21.0. The van der Waals surface area contributed by atoms with Gasteiger partial charge in [-0.25, -0.2) is 4.98 Å². The summed E-state index contributed by atoms with van der Waals surface area (Å²) in [6.07, 6.45) is 1.48. The number of hydrogen-bond acceptors (Lipinski definition) is 6. The molecule has 1 fully saturated rings. The van der Waals surface area contributed by atoms with Crippen LogP contribution in [0.1, 0.15) is 35.1 Å². The van der Waals surface area contributed by atoms with Gasteiger partial charge >= 0.3 is 5.97 Å². The van der Waals surface area contributed by atoms with Crippen molar-refractivity contribution in [1.82, 2.24) is 14.6 Å². The van der Waals surface area contributed by atoms with Crippen molar-refractivity contribution in [2.75, 3.05) is 20.2 Å². The summed E-state index contributed by atoms with van der Waals surface area (Å²) < 4.78 is 6.39. The summed E-state index contributed by atoms with van der Waals surface area (Å²) in [5.41, 5.74) is 0.951. The van der Waals surface area contributed by atoms with Crippen molar-refractivity contribution in [3.8, 4) is 5.88 Å². The zero-order valence-electron chi connectivity index (χ0n) is 15.7. The van der Waals surface area contributed by atoms with Crippen molar-refractivity contribution >= 4 is 33.9 Å². The second-order valence-corrected chi connectivity index (χ2v) is 8.47. The Bertz CT molecular complexity index is 1010. The van der Waals surface area contributed by atoms with Crippen LogP contribution >= 0.6 is 22.9 Å². The first-order valence-electron chi connectivity index (χ1n) is 9.21. The number of rotatable bonds is 4. The molecule has 0 aliphatic carbocycles. The number of fused-ring (bicyclic) bond motifs is 1. The van der Waals surface area contributed by atoms with Crippen molar-refractivity contribution in [3.63, 3.8) is 0 Å². The van der Waals surface area contributed by atoms with Crippen LogP contribution in [-0.2, 0) is 9.53 Å². The third kappa shape index (κ3) is 3.36. The van der Waals surface area contributed by atoms with Crippen LogP contribution in [0.3, 0.4) is 0 Å². The number of thiazole rings is 1. The second-order valence-electron chi connectivity index (χ2n) is 7.05. The average Bonchev–Trinajstić information content (AvgIpc) is 3.21. The lowest BCUT2D eigenvalue weighted by Gasteiger charge is -2.34. The number of hydrogen-bond donors (Lipinski definition) is 2. The molecule has 1 aromatic carbocycles. The molecule has 0 unspecified atom stereocenters. The Balaban J connectivity index is 1.73. The van der Waals surface area contributed by atoms with Gasteiger partial charge in [-0.15, -0.1) is 5.10 Å². The summed E-state index contributed by atoms with van der Waals surface area (Å²) >= 11 is 7.97. The predicted molar refractivity (Wildman–Crippen MR) is 106 cm³/mol. The molecule has 28 heavy (non-hydrogen) atoms. The fourth-order valence-corrected chi connectivity index (χ4v) is 5.39. The monoisotopic (exact) mass is 421 g/mol. The average molecular weight is 422 g/mol. The van der Waals surface area contributed by atoms with Crippen molar-refractivity contribution in [2.45, 2.75) is 25.8 Å². The number of piperidine rings is 1. The molecule has 0 amide bonds. The van der Waals surface area contributed by atoms with E-state index in [0.717, 1.165) is 36.4 Å². The standard InChI is InChI=1S/C19H21ClN4O3S/c1-11-21-19-24(22-11)17(25)16(28-19)15(13-5-3-4-6-14(13)20)23-9-7-12(8-10-23)18(26)27-2/h3-6,12,15,25H,7-10H2,1-2H3/p+1/t15-/m1/s1. The minimum Gasteiger partial charge on any atom is -0.492 e. The van der Waals surface area contributed by atoms with Crippen LogP contribution < -0.4 is 4.90 Å². The molecule has 2 N–H and O–H groups in total. The predicted octanol–water partition coefficient (Wildman–Crippen LogP) is 2.02. The molecule has 1 saturated heterocycles. The molecular formula is C19H22ClN4O3S+. The van der Waals surface area contributed by atoms with Crippen molar-refractivity contribution in [1.29, 1.82) is 0 Å². The number of nitrogens with one attached hydrogen (secondary N) is 1. The van der Waals surface area contributed by atoms with Gasteiger partial charge in [-0.2, -0.15) is 4.52 Å². The van der Waals surface area contributed by atoms with Crippen LogP contribution in [0, 0.1) is 12.8 Å². The first-order chi connectivity index (χ1) is 13.5. The number of likely N-dealkylation sites (tertiary alicyclic amines) is 1. The maximum absolute atomic E-state index is 11.9. The fraction of sp³-hybridized carbons (Fsp3) is 0.421. The summed E-state index contributed by atoms with van der Waals surface area (Å²) in [5, 5.41) is 15.8. The highest BCUT2D eigenvalue weighted by Gasteiger charge is 2.38. The lowest BCUT2D eigenvalue weighted by molar-refractivity contribution is -0.930. The highest BCUT2D eigenvalue weighted by Crippen LogP contribution is 2.37. The molecule has 3 aromatic rings. The molecule has 9 heteroatoms. The Morgan fingerprint density at radius 2 is 2.11 bits per heavy atom. The van der Waals surface area contributed by atoms with Gasteiger partial charge < -0.3 is 14.7 Å². The molecule has 148 valence electrons. The number of esters is 1. The molecule has 1 aliphatic rings. The van der Waals surface area contributed by atoms with Gasteiger partial charge in [0.2, 0.25) is 10.8 Å². The lowest BCUT2D eigenvalue weighted by Crippen LogP contribution is -3.13. The number of halogens is 1. The number of aryl methyl sites for hydroxylation is 1. The van der Waals surface area contributed by atoms with Gasteiger partial charge in [0, 0.05) is 18.4 Å². The maximum Gasteiger partial charge on any atom is 0.309 e. The van der Waals surface area contributed by atoms with Crippen molar-refractivity contribution in [3.05, 3.63) is 45.6 Å². The summed E-state index contributed by atoms with van der Waals surface area (Å²) in [6, 6.07) is 7.55. The van der Waals surface area contributed by atoms with E-state index < -0.39 is 0 Å². The smallest absolute Gasteiger partial charge is 0.309 e. The maximum atomic E-state index is 11.9. The second kappa shape index (κ2) is 7.69. The third-order valence-electron chi connectivity index (χ3n) is 5.35. The minimum atomic E-state index is -0.152. The topological polar surface area (TPSA) is 81.2 Å². The van der Waals surface area contributed by atoms with E-state index in [1.54, 1.807) is 6.92 Å². The summed E-state index contributed by atoms with van der Waals surface area (Å²) in [5.74, 6) is 0.506. The summed E-state index contributed by atoms with van der Waals surface area (Å²) in [4.78, 5) is 19.0. The Hall–Kier alpha value is -2.16. The number of carbonyl (C=O) groups excluding carboxylic acids is 1. The van der Waals surface area contributed by atoms with E-state index >= 15 is 0 Å². The van der Waals surface area contributed by atoms with E-state index in [2.05, 4.69) is 10.1 Å². The van der Waals surface area contributed by atoms with Gasteiger partial charge in [-0.05, 0) is 13.0 Å². The lowest BCUT2D eigenvalue weighted by atomic mass is 9.93. The van der Waals surface area contributed by atoms with E-state index in [9.17, 15) is 9.90 Å². The number of quaternary nitrogens is 1. The molecule has 0 radical (unpaired) electrons. The number of benzene rings is 1. The zero-order valence-corrected chi connectivity index (χ0v) is 17.3. The van der Waals surface area contributed by atoms with Gasteiger partial charge in [0.15, 0.2) is 6.04 Å². The van der Waals surface area contributed by atoms with E-state index in [1.807, 2.05) is 24.3 Å². The molecule has 7 nitrogen and oxygen atoms in total. The first kappa shape index (κ1) is 19.2. The van der Waals surface area contributed by atoms with Crippen molar-refractivity contribution in [2.24, 2.45) is 5.92 Å². The number of aromatic hydroxyl groups is 1. The Morgan fingerprint density at radius 3 is 2.75 bits per heavy atom.